The van der Waals surface area contributed by atoms with Crippen LogP contribution in [0.4, 0.5) is 0 Å². The zero-order valence-electron chi connectivity index (χ0n) is 16.3. The first-order valence-corrected chi connectivity index (χ1v) is 9.87. The van der Waals surface area contributed by atoms with Gasteiger partial charge in [0, 0.05) is 44.0 Å². The van der Waals surface area contributed by atoms with Crippen molar-refractivity contribution in [2.45, 2.75) is 13.5 Å². The van der Waals surface area contributed by atoms with E-state index in [1.54, 1.807) is 6.20 Å². The molecule has 1 aromatic heterocycles. The van der Waals surface area contributed by atoms with E-state index in [9.17, 15) is 4.79 Å². The van der Waals surface area contributed by atoms with Crippen LogP contribution in [0.1, 0.15) is 16.8 Å². The van der Waals surface area contributed by atoms with Crippen LogP contribution in [0.15, 0.2) is 54.7 Å². The van der Waals surface area contributed by atoms with Crippen molar-refractivity contribution < 1.29 is 9.53 Å². The number of fused-ring (bicyclic) bond motifs is 1. The van der Waals surface area contributed by atoms with Gasteiger partial charge in [-0.1, -0.05) is 42.5 Å². The molecule has 1 amide bonds. The molecule has 5 heteroatoms. The van der Waals surface area contributed by atoms with Crippen molar-refractivity contribution in [2.24, 2.45) is 11.3 Å². The summed E-state index contributed by atoms with van der Waals surface area (Å²) in [5.41, 5.74) is 2.81. The standard InChI is InChI=1S/C23H27N3O2/c1-18-12-20(9-10-24-18)13-25-22(27)23-16-26(14-21(23)15-28-17-23)11-5-8-19-6-3-2-4-7-19/h2-10,12,21H,11,13-17H2,1H3,(H,25,27)/b8-5+/t21-,23-/m1/s1. The highest BCUT2D eigenvalue weighted by Gasteiger charge is 2.55. The number of pyridine rings is 1. The predicted molar refractivity (Wildman–Crippen MR) is 109 cm³/mol. The lowest BCUT2D eigenvalue weighted by atomic mass is 9.80. The van der Waals surface area contributed by atoms with Gasteiger partial charge in [-0.15, -0.1) is 0 Å². The Balaban J connectivity index is 1.37. The Morgan fingerprint density at radius 1 is 1.36 bits per heavy atom. The monoisotopic (exact) mass is 377 g/mol. The molecule has 2 saturated heterocycles. The van der Waals surface area contributed by atoms with Gasteiger partial charge in [-0.3, -0.25) is 14.7 Å². The third-order valence-electron chi connectivity index (χ3n) is 5.78. The van der Waals surface area contributed by atoms with Gasteiger partial charge in [-0.2, -0.15) is 0 Å². The van der Waals surface area contributed by atoms with Crippen molar-refractivity contribution in [1.82, 2.24) is 15.2 Å². The van der Waals surface area contributed by atoms with Gasteiger partial charge in [-0.25, -0.2) is 0 Å². The van der Waals surface area contributed by atoms with Gasteiger partial charge in [-0.05, 0) is 30.2 Å². The van der Waals surface area contributed by atoms with Crippen LogP contribution in [0.25, 0.3) is 6.08 Å². The number of likely N-dealkylation sites (tertiary alicyclic amines) is 1. The topological polar surface area (TPSA) is 54.5 Å². The number of carbonyl (C=O) groups is 1. The van der Waals surface area contributed by atoms with E-state index in [0.29, 0.717) is 19.8 Å². The molecule has 28 heavy (non-hydrogen) atoms. The third kappa shape index (κ3) is 4.01. The molecule has 0 bridgehead atoms. The zero-order chi connectivity index (χ0) is 19.4. The van der Waals surface area contributed by atoms with E-state index in [4.69, 9.17) is 4.74 Å². The number of nitrogens with zero attached hydrogens (tertiary/aromatic N) is 2. The van der Waals surface area contributed by atoms with Gasteiger partial charge in [0.15, 0.2) is 0 Å². The van der Waals surface area contributed by atoms with Gasteiger partial charge in [0.25, 0.3) is 0 Å². The summed E-state index contributed by atoms with van der Waals surface area (Å²) in [4.78, 5) is 19.7. The SMILES string of the molecule is Cc1cc(CNC(=O)[C@]23COC[C@H]2CN(C/C=C/c2ccccc2)C3)ccn1. The lowest BCUT2D eigenvalue weighted by Crippen LogP contribution is -2.46. The molecule has 2 atom stereocenters. The Morgan fingerprint density at radius 3 is 3.04 bits per heavy atom. The van der Waals surface area contributed by atoms with Crippen LogP contribution in [-0.4, -0.2) is 48.6 Å². The maximum absolute atomic E-state index is 13.1. The molecule has 2 fully saturated rings. The Labute approximate surface area is 166 Å². The quantitative estimate of drug-likeness (QED) is 0.841. The molecule has 4 rings (SSSR count). The van der Waals surface area contributed by atoms with Crippen LogP contribution in [0.3, 0.4) is 0 Å². The summed E-state index contributed by atoms with van der Waals surface area (Å²) in [6, 6.07) is 14.3. The second-order valence-corrected chi connectivity index (χ2v) is 7.86. The number of amides is 1. The minimum atomic E-state index is -0.428. The lowest BCUT2D eigenvalue weighted by Gasteiger charge is -2.26. The summed E-state index contributed by atoms with van der Waals surface area (Å²) < 4.78 is 5.71. The van der Waals surface area contributed by atoms with E-state index in [0.717, 1.165) is 30.9 Å². The summed E-state index contributed by atoms with van der Waals surface area (Å²) in [7, 11) is 0. The van der Waals surface area contributed by atoms with Gasteiger partial charge in [0.1, 0.15) is 0 Å². The highest BCUT2D eigenvalue weighted by molar-refractivity contribution is 5.84. The first kappa shape index (κ1) is 18.8. The molecule has 0 unspecified atom stereocenters. The predicted octanol–water partition coefficient (Wildman–Crippen LogP) is 2.67. The molecule has 2 aromatic rings. The zero-order valence-corrected chi connectivity index (χ0v) is 16.3. The normalized spacial score (nSPS) is 24.5. The highest BCUT2D eigenvalue weighted by atomic mass is 16.5. The summed E-state index contributed by atoms with van der Waals surface area (Å²) in [5.74, 6) is 0.371. The van der Waals surface area contributed by atoms with Crippen LogP contribution in [-0.2, 0) is 16.1 Å². The summed E-state index contributed by atoms with van der Waals surface area (Å²) in [6.07, 6.45) is 6.11. The molecule has 1 aromatic carbocycles. The minimum absolute atomic E-state index is 0.110. The summed E-state index contributed by atoms with van der Waals surface area (Å²) in [5, 5.41) is 3.14. The van der Waals surface area contributed by atoms with Gasteiger partial charge in [0.2, 0.25) is 5.91 Å². The van der Waals surface area contributed by atoms with Crippen molar-refractivity contribution in [1.29, 1.82) is 0 Å². The average molecular weight is 377 g/mol. The maximum Gasteiger partial charge on any atom is 0.230 e. The smallest absolute Gasteiger partial charge is 0.230 e. The average Bonchev–Trinajstić information content (AvgIpc) is 3.25. The largest absolute Gasteiger partial charge is 0.380 e. The van der Waals surface area contributed by atoms with Crippen LogP contribution in [0.5, 0.6) is 0 Å². The maximum atomic E-state index is 13.1. The molecule has 146 valence electrons. The van der Waals surface area contributed by atoms with E-state index >= 15 is 0 Å². The van der Waals surface area contributed by atoms with Crippen LogP contribution < -0.4 is 5.32 Å². The van der Waals surface area contributed by atoms with Crippen molar-refractivity contribution in [3.63, 3.8) is 0 Å². The van der Waals surface area contributed by atoms with Crippen LogP contribution in [0.2, 0.25) is 0 Å². The van der Waals surface area contributed by atoms with Crippen LogP contribution >= 0.6 is 0 Å². The van der Waals surface area contributed by atoms with Gasteiger partial charge in [0.05, 0.1) is 18.6 Å². The van der Waals surface area contributed by atoms with E-state index in [2.05, 4.69) is 39.5 Å². The molecule has 0 aliphatic carbocycles. The molecule has 5 nitrogen and oxygen atoms in total. The number of carbonyl (C=O) groups excluding carboxylic acids is 1. The first-order valence-electron chi connectivity index (χ1n) is 9.87. The van der Waals surface area contributed by atoms with E-state index in [1.807, 2.05) is 37.3 Å². The second kappa shape index (κ2) is 8.25. The van der Waals surface area contributed by atoms with Crippen molar-refractivity contribution in [3.8, 4) is 0 Å². The number of ether oxygens (including phenoxy) is 1. The Bertz CT molecular complexity index is 852. The molecule has 1 N–H and O–H groups in total. The number of nitrogens with one attached hydrogen (secondary N) is 1. The Hall–Kier alpha value is -2.50. The fraction of sp³-hybridized carbons (Fsp3) is 0.391. The molecule has 0 spiro atoms. The number of aromatic nitrogens is 1. The van der Waals surface area contributed by atoms with Crippen molar-refractivity contribution in [2.75, 3.05) is 32.8 Å². The third-order valence-corrected chi connectivity index (χ3v) is 5.78. The number of aryl methyl sites for hydroxylation is 1. The fourth-order valence-electron chi connectivity index (χ4n) is 4.27. The molecular weight excluding hydrogens is 350 g/mol. The van der Waals surface area contributed by atoms with E-state index < -0.39 is 5.41 Å². The van der Waals surface area contributed by atoms with Crippen molar-refractivity contribution in [3.05, 3.63) is 71.6 Å². The molecule has 2 aliphatic heterocycles. The first-order chi connectivity index (χ1) is 13.7. The summed E-state index contributed by atoms with van der Waals surface area (Å²) in [6.45, 7) is 6.18. The highest BCUT2D eigenvalue weighted by Crippen LogP contribution is 2.41. The molecule has 0 saturated carbocycles. The van der Waals surface area contributed by atoms with Gasteiger partial charge < -0.3 is 10.1 Å². The van der Waals surface area contributed by atoms with Crippen LogP contribution in [0, 0.1) is 18.3 Å². The molecule has 0 radical (unpaired) electrons. The number of hydrogen-bond donors (Lipinski definition) is 1. The number of hydrogen-bond acceptors (Lipinski definition) is 4. The number of rotatable bonds is 6. The van der Waals surface area contributed by atoms with E-state index in [-0.39, 0.29) is 11.8 Å². The fourth-order valence-corrected chi connectivity index (χ4v) is 4.27. The minimum Gasteiger partial charge on any atom is -0.380 e. The second-order valence-electron chi connectivity index (χ2n) is 7.86. The van der Waals surface area contributed by atoms with Crippen molar-refractivity contribution >= 4 is 12.0 Å². The summed E-state index contributed by atoms with van der Waals surface area (Å²) >= 11 is 0. The van der Waals surface area contributed by atoms with Gasteiger partial charge >= 0.3 is 0 Å². The molecule has 2 aliphatic rings. The number of benzene rings is 1. The van der Waals surface area contributed by atoms with E-state index in [1.165, 1.54) is 5.56 Å². The Morgan fingerprint density at radius 2 is 2.21 bits per heavy atom. The molecule has 3 heterocycles. The Kier molecular flexibility index (Phi) is 5.55. The lowest BCUT2D eigenvalue weighted by molar-refractivity contribution is -0.131. The molecular formula is C23H27N3O2.